The van der Waals surface area contributed by atoms with Crippen molar-refractivity contribution in [3.63, 3.8) is 0 Å². The second-order valence-electron chi connectivity index (χ2n) is 4.12. The van der Waals surface area contributed by atoms with E-state index >= 15 is 0 Å². The van der Waals surface area contributed by atoms with Gasteiger partial charge in [-0.1, -0.05) is 18.2 Å². The molecule has 1 atom stereocenters. The molecule has 0 saturated heterocycles. The smallest absolute Gasteiger partial charge is 0.334 e. The zero-order chi connectivity index (χ0) is 13.8. The van der Waals surface area contributed by atoms with Gasteiger partial charge in [0.2, 0.25) is 0 Å². The van der Waals surface area contributed by atoms with E-state index < -0.39 is 12.1 Å². The van der Waals surface area contributed by atoms with E-state index in [1.54, 1.807) is 19.1 Å². The van der Waals surface area contributed by atoms with E-state index in [1.807, 2.05) is 18.2 Å². The first-order chi connectivity index (χ1) is 9.13. The Balaban J connectivity index is 2.46. The van der Waals surface area contributed by atoms with Crippen molar-refractivity contribution in [2.75, 3.05) is 6.61 Å². The fraction of sp³-hybridized carbons (Fsp3) is 0.286. The number of aromatic nitrogens is 1. The van der Waals surface area contributed by atoms with E-state index in [9.17, 15) is 9.59 Å². The van der Waals surface area contributed by atoms with Crippen LogP contribution < -0.4 is 5.56 Å². The van der Waals surface area contributed by atoms with Gasteiger partial charge in [0.25, 0.3) is 5.56 Å². The molecule has 1 heterocycles. The summed E-state index contributed by atoms with van der Waals surface area (Å²) < 4.78 is 6.59. The molecule has 0 bridgehead atoms. The van der Waals surface area contributed by atoms with Crippen molar-refractivity contribution in [3.05, 3.63) is 46.8 Å². The lowest BCUT2D eigenvalue weighted by molar-refractivity contribution is -0.150. The summed E-state index contributed by atoms with van der Waals surface area (Å²) in [6.45, 7) is 2.02. The average molecular weight is 261 g/mol. The molecule has 0 aliphatic rings. The number of carboxylic acid groups (broad SMARTS) is 1. The number of rotatable bonds is 5. The van der Waals surface area contributed by atoms with Crippen LogP contribution in [0.15, 0.2) is 41.2 Å². The molecule has 5 heteroatoms. The maximum absolute atomic E-state index is 11.9. The molecule has 0 spiro atoms. The van der Waals surface area contributed by atoms with Crippen molar-refractivity contribution in [1.29, 1.82) is 0 Å². The van der Waals surface area contributed by atoms with Crippen LogP contribution in [-0.4, -0.2) is 28.4 Å². The molecule has 1 aromatic carbocycles. The maximum atomic E-state index is 11.9. The number of aliphatic carboxylic acids is 1. The Labute approximate surface area is 110 Å². The van der Waals surface area contributed by atoms with Crippen molar-refractivity contribution in [3.8, 4) is 0 Å². The van der Waals surface area contributed by atoms with Gasteiger partial charge in [-0.2, -0.15) is 0 Å². The van der Waals surface area contributed by atoms with Gasteiger partial charge in [-0.3, -0.25) is 4.79 Å². The zero-order valence-electron chi connectivity index (χ0n) is 10.6. The molecular formula is C14H15NO4. The van der Waals surface area contributed by atoms with Gasteiger partial charge in [-0.05, 0) is 24.4 Å². The third-order valence-electron chi connectivity index (χ3n) is 2.89. The Morgan fingerprint density at radius 2 is 2.05 bits per heavy atom. The first kappa shape index (κ1) is 13.3. The summed E-state index contributed by atoms with van der Waals surface area (Å²) >= 11 is 0. The summed E-state index contributed by atoms with van der Waals surface area (Å²) in [6.07, 6.45) is -1.02. The van der Waals surface area contributed by atoms with Crippen molar-refractivity contribution in [2.45, 2.75) is 19.6 Å². The number of fused-ring (bicyclic) bond motifs is 1. The molecule has 1 aromatic heterocycles. The predicted octanol–water partition coefficient (Wildman–Crippen LogP) is 1.49. The number of hydrogen-bond donors (Lipinski definition) is 1. The van der Waals surface area contributed by atoms with Crippen molar-refractivity contribution in [2.24, 2.45) is 0 Å². The second-order valence-corrected chi connectivity index (χ2v) is 4.12. The van der Waals surface area contributed by atoms with Gasteiger partial charge in [-0.15, -0.1) is 0 Å². The second kappa shape index (κ2) is 5.67. The highest BCUT2D eigenvalue weighted by Gasteiger charge is 2.19. The lowest BCUT2D eigenvalue weighted by Gasteiger charge is -2.15. The summed E-state index contributed by atoms with van der Waals surface area (Å²) in [5, 5.41) is 9.98. The molecule has 19 heavy (non-hydrogen) atoms. The van der Waals surface area contributed by atoms with E-state index in [1.165, 1.54) is 10.6 Å². The van der Waals surface area contributed by atoms with Gasteiger partial charge in [0.1, 0.15) is 0 Å². The number of carboxylic acids is 1. The monoisotopic (exact) mass is 261 g/mol. The highest BCUT2D eigenvalue weighted by molar-refractivity contribution is 5.79. The van der Waals surface area contributed by atoms with Crippen LogP contribution in [0.25, 0.3) is 10.9 Å². The number of nitrogens with zero attached hydrogens (tertiary/aromatic N) is 1. The van der Waals surface area contributed by atoms with Gasteiger partial charge in [-0.25, -0.2) is 4.79 Å². The Morgan fingerprint density at radius 1 is 1.32 bits per heavy atom. The van der Waals surface area contributed by atoms with E-state index in [4.69, 9.17) is 9.84 Å². The number of para-hydroxylation sites is 1. The molecule has 0 amide bonds. The fourth-order valence-electron chi connectivity index (χ4n) is 2.00. The van der Waals surface area contributed by atoms with Gasteiger partial charge >= 0.3 is 5.97 Å². The van der Waals surface area contributed by atoms with Gasteiger partial charge < -0.3 is 14.4 Å². The predicted molar refractivity (Wildman–Crippen MR) is 71.3 cm³/mol. The highest BCUT2D eigenvalue weighted by Crippen LogP contribution is 2.12. The molecule has 0 aliphatic carbocycles. The molecule has 100 valence electrons. The van der Waals surface area contributed by atoms with Crippen LogP contribution in [-0.2, 0) is 16.1 Å². The SMILES string of the molecule is CCOC(Cn1c(=O)ccc2ccccc21)C(=O)O. The molecule has 2 aromatic rings. The van der Waals surface area contributed by atoms with Crippen molar-refractivity contribution < 1.29 is 14.6 Å². The zero-order valence-corrected chi connectivity index (χ0v) is 10.6. The average Bonchev–Trinajstić information content (AvgIpc) is 2.40. The first-order valence-corrected chi connectivity index (χ1v) is 6.06. The van der Waals surface area contributed by atoms with Gasteiger partial charge in [0.05, 0.1) is 12.1 Å². The van der Waals surface area contributed by atoms with Crippen molar-refractivity contribution >= 4 is 16.9 Å². The summed E-state index contributed by atoms with van der Waals surface area (Å²) in [6, 6.07) is 10.5. The standard InChI is InChI=1S/C14H15NO4/c1-2-19-12(14(17)18)9-15-11-6-4-3-5-10(11)7-8-13(15)16/h3-8,12H,2,9H2,1H3,(H,17,18). The quantitative estimate of drug-likeness (QED) is 0.885. The normalized spacial score (nSPS) is 12.5. The van der Waals surface area contributed by atoms with E-state index in [-0.39, 0.29) is 18.7 Å². The van der Waals surface area contributed by atoms with Crippen molar-refractivity contribution in [1.82, 2.24) is 4.57 Å². The Morgan fingerprint density at radius 3 is 2.74 bits per heavy atom. The topological polar surface area (TPSA) is 68.5 Å². The van der Waals surface area contributed by atoms with Crippen LogP contribution in [0, 0.1) is 0 Å². The van der Waals surface area contributed by atoms with Gasteiger partial charge in [0, 0.05) is 12.7 Å². The van der Waals surface area contributed by atoms with E-state index in [2.05, 4.69) is 0 Å². The Bertz CT molecular complexity index is 647. The van der Waals surface area contributed by atoms with Crippen LogP contribution in [0.3, 0.4) is 0 Å². The molecular weight excluding hydrogens is 246 g/mol. The van der Waals surface area contributed by atoms with Crippen LogP contribution in [0.2, 0.25) is 0 Å². The minimum atomic E-state index is -1.07. The highest BCUT2D eigenvalue weighted by atomic mass is 16.5. The van der Waals surface area contributed by atoms with Crippen LogP contribution in [0.1, 0.15) is 6.92 Å². The number of hydrogen-bond acceptors (Lipinski definition) is 3. The largest absolute Gasteiger partial charge is 0.479 e. The van der Waals surface area contributed by atoms with E-state index in [0.29, 0.717) is 5.52 Å². The molecule has 1 N–H and O–H groups in total. The Kier molecular flexibility index (Phi) is 3.97. The summed E-state index contributed by atoms with van der Waals surface area (Å²) in [7, 11) is 0. The lowest BCUT2D eigenvalue weighted by atomic mass is 10.2. The molecule has 1 unspecified atom stereocenters. The fourth-order valence-corrected chi connectivity index (χ4v) is 2.00. The molecule has 0 radical (unpaired) electrons. The summed E-state index contributed by atoms with van der Waals surface area (Å²) in [4.78, 5) is 23.0. The maximum Gasteiger partial charge on any atom is 0.334 e. The van der Waals surface area contributed by atoms with E-state index in [0.717, 1.165) is 5.39 Å². The summed E-state index contributed by atoms with van der Waals surface area (Å²) in [5.41, 5.74) is 0.477. The Hall–Kier alpha value is -2.14. The number of pyridine rings is 1. The molecule has 2 rings (SSSR count). The molecule has 0 fully saturated rings. The van der Waals surface area contributed by atoms with Crippen LogP contribution >= 0.6 is 0 Å². The number of ether oxygens (including phenoxy) is 1. The third-order valence-corrected chi connectivity index (χ3v) is 2.89. The minimum absolute atomic E-state index is 0.00333. The van der Waals surface area contributed by atoms with Crippen LogP contribution in [0.5, 0.6) is 0 Å². The first-order valence-electron chi connectivity index (χ1n) is 6.06. The van der Waals surface area contributed by atoms with Crippen LogP contribution in [0.4, 0.5) is 0 Å². The number of carbonyl (C=O) groups is 1. The molecule has 0 aliphatic heterocycles. The minimum Gasteiger partial charge on any atom is -0.479 e. The third kappa shape index (κ3) is 2.82. The van der Waals surface area contributed by atoms with Gasteiger partial charge in [0.15, 0.2) is 6.10 Å². The molecule has 5 nitrogen and oxygen atoms in total. The summed E-state index contributed by atoms with van der Waals surface area (Å²) in [5.74, 6) is -1.07. The lowest BCUT2D eigenvalue weighted by Crippen LogP contribution is -2.33. The number of benzene rings is 1. The molecule has 0 saturated carbocycles.